The molecule has 24 heavy (non-hydrogen) atoms. The lowest BCUT2D eigenvalue weighted by atomic mass is 9.99. The van der Waals surface area contributed by atoms with Gasteiger partial charge >= 0.3 is 0 Å². The van der Waals surface area contributed by atoms with E-state index in [1.54, 1.807) is 6.20 Å². The van der Waals surface area contributed by atoms with Crippen molar-refractivity contribution < 1.29 is 9.59 Å². The summed E-state index contributed by atoms with van der Waals surface area (Å²) < 4.78 is 1.93. The molecule has 1 aromatic heterocycles. The number of nitrogens with zero attached hydrogens (tertiary/aromatic N) is 3. The van der Waals surface area contributed by atoms with Gasteiger partial charge < -0.3 is 4.90 Å². The number of aromatic nitrogens is 2. The molecule has 0 spiro atoms. The maximum atomic E-state index is 12.8. The number of hydrogen-bond donors (Lipinski definition) is 0. The molecule has 0 saturated carbocycles. The highest BCUT2D eigenvalue weighted by atomic mass is 16.2. The summed E-state index contributed by atoms with van der Waals surface area (Å²) in [5, 5.41) is 4.28. The summed E-state index contributed by atoms with van der Waals surface area (Å²) in [6.07, 6.45) is 8.11. The summed E-state index contributed by atoms with van der Waals surface area (Å²) in [4.78, 5) is 26.8. The summed E-state index contributed by atoms with van der Waals surface area (Å²) in [6.45, 7) is 1.44. The van der Waals surface area contributed by atoms with E-state index < -0.39 is 0 Å². The van der Waals surface area contributed by atoms with Crippen molar-refractivity contribution in [3.05, 3.63) is 53.3 Å². The fourth-order valence-electron chi connectivity index (χ4n) is 3.76. The smallest absolute Gasteiger partial charge is 0.253 e. The Kier molecular flexibility index (Phi) is 3.92. The fraction of sp³-hybridized carbons (Fsp3) is 0.421. The monoisotopic (exact) mass is 323 g/mol. The van der Waals surface area contributed by atoms with Crippen molar-refractivity contribution in [2.24, 2.45) is 0 Å². The maximum Gasteiger partial charge on any atom is 0.253 e. The highest BCUT2D eigenvalue weighted by Gasteiger charge is 2.29. The van der Waals surface area contributed by atoms with E-state index in [1.807, 2.05) is 40.0 Å². The van der Waals surface area contributed by atoms with Gasteiger partial charge in [0.05, 0.1) is 6.04 Å². The lowest BCUT2D eigenvalue weighted by molar-refractivity contribution is 0.0786. The van der Waals surface area contributed by atoms with Gasteiger partial charge in [-0.25, -0.2) is 0 Å². The quantitative estimate of drug-likeness (QED) is 0.799. The van der Waals surface area contributed by atoms with Crippen molar-refractivity contribution in [3.63, 3.8) is 0 Å². The maximum absolute atomic E-state index is 12.8. The van der Waals surface area contributed by atoms with Crippen LogP contribution in [0.25, 0.3) is 0 Å². The zero-order valence-electron chi connectivity index (χ0n) is 13.6. The van der Waals surface area contributed by atoms with Crippen LogP contribution in [0, 0.1) is 0 Å². The van der Waals surface area contributed by atoms with Crippen molar-refractivity contribution in [2.75, 3.05) is 13.1 Å². The minimum absolute atomic E-state index is 0.0594. The van der Waals surface area contributed by atoms with Gasteiger partial charge in [0.25, 0.3) is 5.91 Å². The van der Waals surface area contributed by atoms with Crippen molar-refractivity contribution >= 4 is 11.7 Å². The van der Waals surface area contributed by atoms with E-state index >= 15 is 0 Å². The molecule has 0 bridgehead atoms. The Morgan fingerprint density at radius 2 is 2.08 bits per heavy atom. The molecule has 0 N–H and O–H groups in total. The summed E-state index contributed by atoms with van der Waals surface area (Å²) in [5.41, 5.74) is 2.54. The molecule has 4 rings (SSSR count). The number of amides is 1. The molecule has 2 aromatic rings. The summed E-state index contributed by atoms with van der Waals surface area (Å²) >= 11 is 0. The molecular formula is C19H21N3O2. The Morgan fingerprint density at radius 3 is 2.92 bits per heavy atom. The number of aryl methyl sites for hydroxylation is 1. The number of rotatable bonds is 2. The van der Waals surface area contributed by atoms with Crippen LogP contribution in [0.1, 0.15) is 58.0 Å². The molecule has 5 nitrogen and oxygen atoms in total. The molecule has 1 saturated heterocycles. The first kappa shape index (κ1) is 15.1. The van der Waals surface area contributed by atoms with Crippen molar-refractivity contribution in [1.29, 1.82) is 0 Å². The molecule has 1 aliphatic heterocycles. The van der Waals surface area contributed by atoms with Gasteiger partial charge in [-0.3, -0.25) is 14.3 Å². The second-order valence-corrected chi connectivity index (χ2v) is 6.68. The predicted molar refractivity (Wildman–Crippen MR) is 90.1 cm³/mol. The molecule has 0 radical (unpaired) electrons. The van der Waals surface area contributed by atoms with Crippen LogP contribution in [-0.2, 0) is 6.42 Å². The highest BCUT2D eigenvalue weighted by Crippen LogP contribution is 2.25. The second-order valence-electron chi connectivity index (χ2n) is 6.68. The number of carbonyl (C=O) groups is 2. The first-order valence-electron chi connectivity index (χ1n) is 8.67. The number of hydrogen-bond acceptors (Lipinski definition) is 3. The molecular weight excluding hydrogens is 302 g/mol. The molecule has 1 fully saturated rings. The number of Topliss-reactive ketones (excluding diaryl/α,β-unsaturated/α-hetero) is 1. The van der Waals surface area contributed by atoms with Gasteiger partial charge in [-0.05, 0) is 49.4 Å². The van der Waals surface area contributed by atoms with Crippen LogP contribution in [0.5, 0.6) is 0 Å². The average molecular weight is 323 g/mol. The van der Waals surface area contributed by atoms with Crippen LogP contribution in [-0.4, -0.2) is 39.5 Å². The van der Waals surface area contributed by atoms with Crippen LogP contribution < -0.4 is 0 Å². The lowest BCUT2D eigenvalue weighted by Crippen LogP contribution is -2.29. The summed E-state index contributed by atoms with van der Waals surface area (Å²) in [6, 6.07) is 7.75. The Balaban J connectivity index is 1.53. The van der Waals surface area contributed by atoms with Gasteiger partial charge in [0.2, 0.25) is 0 Å². The van der Waals surface area contributed by atoms with Gasteiger partial charge in [0.1, 0.15) is 0 Å². The van der Waals surface area contributed by atoms with Gasteiger partial charge in [0.15, 0.2) is 5.78 Å². The molecule has 5 heteroatoms. The summed E-state index contributed by atoms with van der Waals surface area (Å²) in [5.74, 6) is 0.269. The van der Waals surface area contributed by atoms with Gasteiger partial charge in [-0.15, -0.1) is 0 Å². The Morgan fingerprint density at radius 1 is 1.21 bits per heavy atom. The third-order valence-electron chi connectivity index (χ3n) is 5.10. The fourth-order valence-corrected chi connectivity index (χ4v) is 3.76. The lowest BCUT2D eigenvalue weighted by Gasteiger charge is -2.18. The topological polar surface area (TPSA) is 55.2 Å². The van der Waals surface area contributed by atoms with E-state index in [9.17, 15) is 9.59 Å². The van der Waals surface area contributed by atoms with E-state index in [-0.39, 0.29) is 17.7 Å². The number of benzene rings is 1. The van der Waals surface area contributed by atoms with Gasteiger partial charge in [0, 0.05) is 43.0 Å². The Labute approximate surface area is 141 Å². The zero-order chi connectivity index (χ0) is 16.5. The van der Waals surface area contributed by atoms with Crippen LogP contribution >= 0.6 is 0 Å². The Hall–Kier alpha value is -2.43. The van der Waals surface area contributed by atoms with E-state index in [0.29, 0.717) is 18.5 Å². The minimum atomic E-state index is 0.0594. The predicted octanol–water partition coefficient (Wildman–Crippen LogP) is 2.88. The standard InChI is InChI=1S/C19H21N3O2/c23-18-5-2-1-4-14-12-15(6-7-17(14)18)19(24)21-11-8-16(13-21)22-10-3-9-20-22/h3,6-7,9-10,12,16H,1-2,4-5,8,11,13H2. The molecule has 2 heterocycles. The number of ketones is 1. The minimum Gasteiger partial charge on any atom is -0.336 e. The van der Waals surface area contributed by atoms with E-state index in [0.717, 1.165) is 43.4 Å². The third kappa shape index (κ3) is 2.75. The zero-order valence-corrected chi connectivity index (χ0v) is 13.6. The van der Waals surface area contributed by atoms with E-state index in [2.05, 4.69) is 5.10 Å². The normalized spacial score (nSPS) is 20.8. The van der Waals surface area contributed by atoms with Crippen molar-refractivity contribution in [2.45, 2.75) is 38.1 Å². The second kappa shape index (κ2) is 6.23. The SMILES string of the molecule is O=C1CCCCc2cc(C(=O)N3CCC(n4cccn4)C3)ccc21. The van der Waals surface area contributed by atoms with Crippen LogP contribution in [0.3, 0.4) is 0 Å². The van der Waals surface area contributed by atoms with Crippen LogP contribution in [0.15, 0.2) is 36.7 Å². The van der Waals surface area contributed by atoms with Crippen LogP contribution in [0.2, 0.25) is 0 Å². The number of fused-ring (bicyclic) bond motifs is 1. The average Bonchev–Trinajstić information content (AvgIpc) is 3.25. The molecule has 1 unspecified atom stereocenters. The van der Waals surface area contributed by atoms with Gasteiger partial charge in [-0.1, -0.05) is 6.07 Å². The van der Waals surface area contributed by atoms with E-state index in [1.165, 1.54) is 0 Å². The molecule has 124 valence electrons. The number of likely N-dealkylation sites (tertiary alicyclic amines) is 1. The molecule has 1 aliphatic carbocycles. The van der Waals surface area contributed by atoms with Crippen molar-refractivity contribution in [1.82, 2.24) is 14.7 Å². The Bertz CT molecular complexity index is 767. The summed E-state index contributed by atoms with van der Waals surface area (Å²) in [7, 11) is 0. The molecule has 1 atom stereocenters. The largest absolute Gasteiger partial charge is 0.336 e. The third-order valence-corrected chi connectivity index (χ3v) is 5.10. The molecule has 2 aliphatic rings. The first-order valence-corrected chi connectivity index (χ1v) is 8.67. The van der Waals surface area contributed by atoms with Crippen LogP contribution in [0.4, 0.5) is 0 Å². The molecule has 1 amide bonds. The van der Waals surface area contributed by atoms with Crippen molar-refractivity contribution in [3.8, 4) is 0 Å². The highest BCUT2D eigenvalue weighted by molar-refractivity contribution is 6.00. The van der Waals surface area contributed by atoms with Gasteiger partial charge in [-0.2, -0.15) is 5.10 Å². The van der Waals surface area contributed by atoms with E-state index in [4.69, 9.17) is 0 Å². The molecule has 1 aromatic carbocycles. The first-order chi connectivity index (χ1) is 11.7. The number of carbonyl (C=O) groups excluding carboxylic acids is 2.